The molecule has 0 spiro atoms. The lowest BCUT2D eigenvalue weighted by molar-refractivity contribution is 0.991. The number of benzene rings is 1. The molecule has 21 heavy (non-hydrogen) atoms. The molecule has 4 rings (SSSR count). The summed E-state index contributed by atoms with van der Waals surface area (Å²) < 4.78 is 2.18. The third-order valence-corrected chi connectivity index (χ3v) is 4.56. The Morgan fingerprint density at radius 1 is 1.33 bits per heavy atom. The molecule has 3 heterocycles. The Kier molecular flexibility index (Phi) is 2.71. The van der Waals surface area contributed by atoms with Gasteiger partial charge in [0.2, 0.25) is 0 Å². The van der Waals surface area contributed by atoms with Crippen LogP contribution in [0.1, 0.15) is 16.3 Å². The molecule has 0 fully saturated rings. The van der Waals surface area contributed by atoms with Crippen LogP contribution in [0.15, 0.2) is 30.6 Å². The Balaban J connectivity index is 1.69. The largest absolute Gasteiger partial charge is 0.378 e. The minimum atomic E-state index is 0.737. The predicted octanol–water partition coefficient (Wildman–Crippen LogP) is 3.50. The average Bonchev–Trinajstić information content (AvgIpc) is 3.11. The highest BCUT2D eigenvalue weighted by atomic mass is 32.1. The van der Waals surface area contributed by atoms with Crippen molar-refractivity contribution >= 4 is 32.9 Å². The molecule has 0 unspecified atom stereocenters. The molecule has 0 atom stereocenters. The molecular weight excluding hydrogens is 282 g/mol. The van der Waals surface area contributed by atoms with Crippen molar-refractivity contribution in [1.29, 1.82) is 0 Å². The first-order chi connectivity index (χ1) is 10.2. The lowest BCUT2D eigenvalue weighted by atomic mass is 10.2. The van der Waals surface area contributed by atoms with E-state index in [2.05, 4.69) is 57.1 Å². The van der Waals surface area contributed by atoms with Gasteiger partial charge >= 0.3 is 0 Å². The third kappa shape index (κ3) is 1.99. The van der Waals surface area contributed by atoms with Crippen molar-refractivity contribution in [3.05, 3.63) is 46.9 Å². The zero-order valence-corrected chi connectivity index (χ0v) is 12.7. The lowest BCUT2D eigenvalue weighted by Crippen LogP contribution is -2.04. The van der Waals surface area contributed by atoms with Crippen molar-refractivity contribution in [3.63, 3.8) is 0 Å². The van der Waals surface area contributed by atoms with Crippen LogP contribution in [0.5, 0.6) is 0 Å². The Hall–Kier alpha value is -2.34. The summed E-state index contributed by atoms with van der Waals surface area (Å²) in [5, 5.41) is 11.7. The normalized spacial score (nSPS) is 11.5. The van der Waals surface area contributed by atoms with Gasteiger partial charge in [-0.25, -0.2) is 4.98 Å². The van der Waals surface area contributed by atoms with Gasteiger partial charge in [-0.2, -0.15) is 5.10 Å². The van der Waals surface area contributed by atoms with Crippen LogP contribution in [0.25, 0.3) is 15.9 Å². The van der Waals surface area contributed by atoms with E-state index in [1.807, 2.05) is 12.3 Å². The molecule has 4 aromatic rings. The highest BCUT2D eigenvalue weighted by Gasteiger charge is 2.11. The number of imidazole rings is 1. The molecule has 0 amide bonds. The van der Waals surface area contributed by atoms with E-state index in [1.54, 1.807) is 11.3 Å². The van der Waals surface area contributed by atoms with Crippen molar-refractivity contribution in [2.75, 3.05) is 5.32 Å². The van der Waals surface area contributed by atoms with Crippen LogP contribution in [0.2, 0.25) is 0 Å². The van der Waals surface area contributed by atoms with E-state index < -0.39 is 0 Å². The topological polar surface area (TPSA) is 58.0 Å². The highest BCUT2D eigenvalue weighted by molar-refractivity contribution is 7.17. The van der Waals surface area contributed by atoms with E-state index >= 15 is 0 Å². The van der Waals surface area contributed by atoms with Gasteiger partial charge in [0.25, 0.3) is 0 Å². The van der Waals surface area contributed by atoms with E-state index in [9.17, 15) is 0 Å². The minimum absolute atomic E-state index is 0.737. The second-order valence-corrected chi connectivity index (χ2v) is 6.34. The van der Waals surface area contributed by atoms with Crippen LogP contribution in [0.4, 0.5) is 5.69 Å². The smallest absolute Gasteiger partial charge is 0.194 e. The molecule has 0 aliphatic rings. The summed E-state index contributed by atoms with van der Waals surface area (Å²) >= 11 is 1.72. The number of anilines is 1. The van der Waals surface area contributed by atoms with Gasteiger partial charge in [0.05, 0.1) is 35.3 Å². The fourth-order valence-electron chi connectivity index (χ4n) is 2.62. The maximum Gasteiger partial charge on any atom is 0.194 e. The van der Waals surface area contributed by atoms with Crippen molar-refractivity contribution in [3.8, 4) is 0 Å². The van der Waals surface area contributed by atoms with E-state index in [0.29, 0.717) is 0 Å². The standard InChI is InChI=1S/C15H15N5S/c1-9-8-20-13(10(2)18-15(20)21-9)7-16-12-5-3-4-11-6-17-19-14(11)12/h3-6,8,16H,7H2,1-2H3,(H,17,19). The number of thiazole rings is 1. The molecule has 0 saturated carbocycles. The van der Waals surface area contributed by atoms with Crippen LogP contribution in [-0.2, 0) is 6.54 Å². The number of hydrogen-bond acceptors (Lipinski definition) is 4. The summed E-state index contributed by atoms with van der Waals surface area (Å²) in [6, 6.07) is 6.15. The Morgan fingerprint density at radius 2 is 2.24 bits per heavy atom. The van der Waals surface area contributed by atoms with Crippen molar-refractivity contribution in [1.82, 2.24) is 19.6 Å². The van der Waals surface area contributed by atoms with Crippen LogP contribution in [0.3, 0.4) is 0 Å². The van der Waals surface area contributed by atoms with Gasteiger partial charge in [0.15, 0.2) is 4.96 Å². The number of nitrogens with one attached hydrogen (secondary N) is 2. The molecule has 5 nitrogen and oxygen atoms in total. The third-order valence-electron chi connectivity index (χ3n) is 3.66. The summed E-state index contributed by atoms with van der Waals surface area (Å²) in [7, 11) is 0. The number of hydrogen-bond donors (Lipinski definition) is 2. The van der Waals surface area contributed by atoms with Gasteiger partial charge in [0, 0.05) is 16.5 Å². The van der Waals surface area contributed by atoms with Crippen molar-refractivity contribution < 1.29 is 0 Å². The fourth-order valence-corrected chi connectivity index (χ4v) is 3.51. The monoisotopic (exact) mass is 297 g/mol. The molecular formula is C15H15N5S. The van der Waals surface area contributed by atoms with Crippen molar-refractivity contribution in [2.24, 2.45) is 0 Å². The molecule has 2 N–H and O–H groups in total. The second kappa shape index (κ2) is 4.60. The number of aromatic nitrogens is 4. The van der Waals surface area contributed by atoms with Crippen LogP contribution >= 0.6 is 11.3 Å². The molecule has 0 aliphatic carbocycles. The maximum atomic E-state index is 4.62. The molecule has 0 radical (unpaired) electrons. The molecule has 3 aromatic heterocycles. The fraction of sp³-hybridized carbons (Fsp3) is 0.200. The number of fused-ring (bicyclic) bond motifs is 2. The first-order valence-corrected chi connectivity index (χ1v) is 7.64. The molecule has 0 bridgehead atoms. The van der Waals surface area contributed by atoms with Gasteiger partial charge in [-0.3, -0.25) is 9.50 Å². The average molecular weight is 297 g/mol. The van der Waals surface area contributed by atoms with Gasteiger partial charge in [-0.05, 0) is 19.9 Å². The minimum Gasteiger partial charge on any atom is -0.378 e. The number of H-pyrrole nitrogens is 1. The predicted molar refractivity (Wildman–Crippen MR) is 86.0 cm³/mol. The van der Waals surface area contributed by atoms with Gasteiger partial charge in [-0.1, -0.05) is 12.1 Å². The van der Waals surface area contributed by atoms with E-state index in [0.717, 1.165) is 33.8 Å². The maximum absolute atomic E-state index is 4.62. The Bertz CT molecular complexity index is 930. The molecule has 106 valence electrons. The quantitative estimate of drug-likeness (QED) is 0.608. The zero-order chi connectivity index (χ0) is 14.4. The first-order valence-electron chi connectivity index (χ1n) is 6.82. The summed E-state index contributed by atoms with van der Waals surface area (Å²) in [5.74, 6) is 0. The number of aryl methyl sites for hydroxylation is 2. The summed E-state index contributed by atoms with van der Waals surface area (Å²) in [6.07, 6.45) is 3.98. The van der Waals surface area contributed by atoms with Gasteiger partial charge in [-0.15, -0.1) is 11.3 Å². The molecule has 0 aliphatic heterocycles. The van der Waals surface area contributed by atoms with E-state index in [1.165, 1.54) is 10.6 Å². The second-order valence-electron chi connectivity index (χ2n) is 5.13. The van der Waals surface area contributed by atoms with Gasteiger partial charge < -0.3 is 5.32 Å². The number of rotatable bonds is 3. The van der Waals surface area contributed by atoms with Gasteiger partial charge in [0.1, 0.15) is 0 Å². The molecule has 0 saturated heterocycles. The number of aromatic amines is 1. The summed E-state index contributed by atoms with van der Waals surface area (Å²) in [6.45, 7) is 4.90. The van der Waals surface area contributed by atoms with Crippen molar-refractivity contribution in [2.45, 2.75) is 20.4 Å². The number of nitrogens with zero attached hydrogens (tertiary/aromatic N) is 3. The SMILES string of the molecule is Cc1cn2c(CNc3cccc4cn[nH]c34)c(C)nc2s1. The molecule has 6 heteroatoms. The van der Waals surface area contributed by atoms with Crippen LogP contribution in [-0.4, -0.2) is 19.6 Å². The molecule has 1 aromatic carbocycles. The highest BCUT2D eigenvalue weighted by Crippen LogP contribution is 2.24. The zero-order valence-electron chi connectivity index (χ0n) is 11.8. The summed E-state index contributed by atoms with van der Waals surface area (Å²) in [4.78, 5) is 6.95. The van der Waals surface area contributed by atoms with E-state index in [4.69, 9.17) is 0 Å². The van der Waals surface area contributed by atoms with Crippen LogP contribution < -0.4 is 5.32 Å². The first kappa shape index (κ1) is 12.4. The van der Waals surface area contributed by atoms with Crippen LogP contribution in [0, 0.1) is 13.8 Å². The van der Waals surface area contributed by atoms with E-state index in [-0.39, 0.29) is 0 Å². The number of para-hydroxylation sites is 1. The Morgan fingerprint density at radius 3 is 3.14 bits per heavy atom. The summed E-state index contributed by atoms with van der Waals surface area (Å²) in [5.41, 5.74) is 4.38. The Labute approximate surface area is 125 Å². The lowest BCUT2D eigenvalue weighted by Gasteiger charge is -2.07.